The first-order valence-electron chi connectivity index (χ1n) is 8.63. The fourth-order valence-electron chi connectivity index (χ4n) is 3.42. The molecule has 1 heterocycles. The fourth-order valence-corrected chi connectivity index (χ4v) is 3.42. The number of nitrogens with zero attached hydrogens (tertiary/aromatic N) is 1. The van der Waals surface area contributed by atoms with Crippen molar-refractivity contribution in [3.8, 4) is 22.5 Å². The van der Waals surface area contributed by atoms with Crippen LogP contribution >= 0.6 is 0 Å². The van der Waals surface area contributed by atoms with Gasteiger partial charge in [0.1, 0.15) is 11.4 Å². The van der Waals surface area contributed by atoms with Gasteiger partial charge in [0.15, 0.2) is 5.76 Å². The minimum atomic E-state index is -0.732. The molecular formula is C21H20N2O3. The fraction of sp³-hybridized carbons (Fsp3) is 0.238. The normalized spacial score (nSPS) is 15.0. The van der Waals surface area contributed by atoms with Gasteiger partial charge >= 0.3 is 5.97 Å². The van der Waals surface area contributed by atoms with Gasteiger partial charge in [-0.25, -0.2) is 0 Å². The van der Waals surface area contributed by atoms with Gasteiger partial charge < -0.3 is 15.4 Å². The Labute approximate surface area is 151 Å². The largest absolute Gasteiger partial charge is 0.481 e. The maximum absolute atomic E-state index is 11.1. The van der Waals surface area contributed by atoms with Crippen LogP contribution in [0.3, 0.4) is 0 Å². The van der Waals surface area contributed by atoms with Crippen LogP contribution in [0.25, 0.3) is 22.5 Å². The lowest BCUT2D eigenvalue weighted by Gasteiger charge is -2.13. The van der Waals surface area contributed by atoms with Gasteiger partial charge in [0.05, 0.1) is 6.42 Å². The van der Waals surface area contributed by atoms with E-state index in [0.717, 1.165) is 35.1 Å². The average molecular weight is 348 g/mol. The van der Waals surface area contributed by atoms with Crippen molar-refractivity contribution in [1.82, 2.24) is 5.16 Å². The molecule has 26 heavy (non-hydrogen) atoms. The number of carboxylic acids is 1. The first-order chi connectivity index (χ1) is 12.5. The second kappa shape index (κ2) is 6.02. The summed E-state index contributed by atoms with van der Waals surface area (Å²) < 4.78 is 5.30. The van der Waals surface area contributed by atoms with E-state index in [0.29, 0.717) is 17.1 Å². The molecule has 1 saturated carbocycles. The highest BCUT2D eigenvalue weighted by atomic mass is 16.5. The molecule has 2 aromatic carbocycles. The van der Waals surface area contributed by atoms with Crippen molar-refractivity contribution in [2.24, 2.45) is 0 Å². The number of nitrogen functional groups attached to an aromatic ring is 1. The number of aromatic nitrogens is 1. The van der Waals surface area contributed by atoms with Gasteiger partial charge in [-0.1, -0.05) is 53.7 Å². The molecule has 132 valence electrons. The second-order valence-corrected chi connectivity index (χ2v) is 7.02. The highest BCUT2D eigenvalue weighted by molar-refractivity contribution is 5.75. The summed E-state index contributed by atoms with van der Waals surface area (Å²) in [4.78, 5) is 11.1. The number of aliphatic carboxylic acids is 1. The van der Waals surface area contributed by atoms with Crippen LogP contribution in [-0.4, -0.2) is 16.2 Å². The van der Waals surface area contributed by atoms with E-state index in [4.69, 9.17) is 15.4 Å². The third-order valence-corrected chi connectivity index (χ3v) is 5.23. The zero-order valence-electron chi connectivity index (χ0n) is 14.5. The van der Waals surface area contributed by atoms with E-state index in [1.54, 1.807) is 0 Å². The summed E-state index contributed by atoms with van der Waals surface area (Å²) in [6, 6.07) is 16.2. The molecule has 5 heteroatoms. The first kappa shape index (κ1) is 16.4. The van der Waals surface area contributed by atoms with Crippen LogP contribution in [0, 0.1) is 6.92 Å². The lowest BCUT2D eigenvalue weighted by molar-refractivity contribution is -0.137. The van der Waals surface area contributed by atoms with Crippen molar-refractivity contribution in [3.05, 3.63) is 59.8 Å². The summed E-state index contributed by atoms with van der Waals surface area (Å²) in [6.45, 7) is 1.81. The summed E-state index contributed by atoms with van der Waals surface area (Å²) in [7, 11) is 0. The van der Waals surface area contributed by atoms with Crippen LogP contribution in [0.15, 0.2) is 53.1 Å². The van der Waals surface area contributed by atoms with Crippen molar-refractivity contribution < 1.29 is 14.4 Å². The van der Waals surface area contributed by atoms with E-state index in [1.807, 2.05) is 31.2 Å². The second-order valence-electron chi connectivity index (χ2n) is 7.02. The van der Waals surface area contributed by atoms with Crippen LogP contribution in [-0.2, 0) is 10.2 Å². The van der Waals surface area contributed by atoms with Gasteiger partial charge in [-0.3, -0.25) is 4.79 Å². The third kappa shape index (κ3) is 2.86. The monoisotopic (exact) mass is 348 g/mol. The Morgan fingerprint density at radius 1 is 1.08 bits per heavy atom. The van der Waals surface area contributed by atoms with E-state index in [9.17, 15) is 4.79 Å². The van der Waals surface area contributed by atoms with Crippen LogP contribution in [0.2, 0.25) is 0 Å². The molecule has 0 radical (unpaired) electrons. The number of benzene rings is 2. The molecule has 3 N–H and O–H groups in total. The van der Waals surface area contributed by atoms with Gasteiger partial charge in [-0.2, -0.15) is 0 Å². The smallest absolute Gasteiger partial charge is 0.304 e. The number of hydrogen-bond acceptors (Lipinski definition) is 4. The number of hydrogen-bond donors (Lipinski definition) is 2. The number of anilines is 1. The Hall–Kier alpha value is -3.08. The molecule has 0 amide bonds. The molecule has 0 spiro atoms. The summed E-state index contributed by atoms with van der Waals surface area (Å²) in [5.41, 5.74) is 11.3. The molecule has 3 aromatic rings. The number of rotatable bonds is 5. The lowest BCUT2D eigenvalue weighted by atomic mass is 9.91. The van der Waals surface area contributed by atoms with Gasteiger partial charge in [-0.15, -0.1) is 0 Å². The number of carbonyl (C=O) groups is 1. The number of carboxylic acid groups (broad SMARTS) is 1. The van der Waals surface area contributed by atoms with E-state index >= 15 is 0 Å². The van der Waals surface area contributed by atoms with Crippen molar-refractivity contribution >= 4 is 11.7 Å². The van der Waals surface area contributed by atoms with Crippen molar-refractivity contribution in [2.75, 3.05) is 5.73 Å². The molecule has 0 bridgehead atoms. The van der Waals surface area contributed by atoms with Crippen LogP contribution < -0.4 is 5.73 Å². The molecule has 0 saturated heterocycles. The molecule has 0 aliphatic heterocycles. The minimum Gasteiger partial charge on any atom is -0.481 e. The number of nitrogens with two attached hydrogens (primary N) is 1. The molecule has 4 rings (SSSR count). The van der Waals surface area contributed by atoms with Gasteiger partial charge in [0, 0.05) is 11.0 Å². The molecule has 0 unspecified atom stereocenters. The van der Waals surface area contributed by atoms with E-state index < -0.39 is 5.97 Å². The van der Waals surface area contributed by atoms with Crippen molar-refractivity contribution in [1.29, 1.82) is 0 Å². The van der Waals surface area contributed by atoms with Crippen LogP contribution in [0.1, 0.15) is 30.5 Å². The zero-order chi connectivity index (χ0) is 18.3. The maximum atomic E-state index is 11.1. The van der Waals surface area contributed by atoms with E-state index in [-0.39, 0.29) is 11.8 Å². The number of aryl methyl sites for hydroxylation is 1. The summed E-state index contributed by atoms with van der Waals surface area (Å²) in [6.07, 6.45) is 2.11. The van der Waals surface area contributed by atoms with Crippen LogP contribution in [0.4, 0.5) is 5.69 Å². The average Bonchev–Trinajstić information content (AvgIpc) is 3.34. The predicted octanol–water partition coefficient (Wildman–Crippen LogP) is 4.41. The summed E-state index contributed by atoms with van der Waals surface area (Å²) in [5, 5.41) is 13.0. The third-order valence-electron chi connectivity index (χ3n) is 5.23. The Morgan fingerprint density at radius 2 is 1.62 bits per heavy atom. The predicted molar refractivity (Wildman–Crippen MR) is 99.7 cm³/mol. The van der Waals surface area contributed by atoms with E-state index in [2.05, 4.69) is 29.4 Å². The van der Waals surface area contributed by atoms with Crippen molar-refractivity contribution in [2.45, 2.75) is 31.6 Å². The van der Waals surface area contributed by atoms with Crippen LogP contribution in [0.5, 0.6) is 0 Å². The molecule has 1 fully saturated rings. The van der Waals surface area contributed by atoms with Gasteiger partial charge in [-0.05, 0) is 36.5 Å². The molecular weight excluding hydrogens is 328 g/mol. The Bertz CT molecular complexity index is 952. The Balaban J connectivity index is 1.57. The molecule has 1 aliphatic carbocycles. The highest BCUT2D eigenvalue weighted by Crippen LogP contribution is 2.51. The quantitative estimate of drug-likeness (QED) is 0.713. The lowest BCUT2D eigenvalue weighted by Crippen LogP contribution is -2.12. The van der Waals surface area contributed by atoms with Crippen molar-refractivity contribution in [3.63, 3.8) is 0 Å². The first-order valence-corrected chi connectivity index (χ1v) is 8.63. The maximum Gasteiger partial charge on any atom is 0.304 e. The zero-order valence-corrected chi connectivity index (χ0v) is 14.5. The summed E-state index contributed by atoms with van der Waals surface area (Å²) >= 11 is 0. The minimum absolute atomic E-state index is 0.157. The molecule has 1 aromatic heterocycles. The van der Waals surface area contributed by atoms with Gasteiger partial charge in [0.2, 0.25) is 0 Å². The standard InChI is InChI=1S/C21H20N2O3/c1-13-19(22)20(26-23-13)16-4-2-14(3-5-16)15-6-8-17(9-7-15)21(10-11-21)12-18(24)25/h2-9H,10-12,22H2,1H3,(H,24,25). The van der Waals surface area contributed by atoms with Gasteiger partial charge in [0.25, 0.3) is 0 Å². The SMILES string of the molecule is Cc1noc(-c2ccc(-c3ccc(C4(CC(=O)O)CC4)cc3)cc2)c1N. The molecule has 1 aliphatic rings. The molecule has 5 nitrogen and oxygen atoms in total. The topological polar surface area (TPSA) is 89.3 Å². The Kier molecular flexibility index (Phi) is 3.80. The highest BCUT2D eigenvalue weighted by Gasteiger charge is 2.45. The summed E-state index contributed by atoms with van der Waals surface area (Å²) in [5.74, 6) is -0.141. The Morgan fingerprint density at radius 3 is 2.08 bits per heavy atom. The molecule has 0 atom stereocenters. The van der Waals surface area contributed by atoms with E-state index in [1.165, 1.54) is 0 Å².